The molecule has 33 heavy (non-hydrogen) atoms. The van der Waals surface area contributed by atoms with E-state index in [9.17, 15) is 22.8 Å². The summed E-state index contributed by atoms with van der Waals surface area (Å²) in [4.78, 5) is 39.1. The summed E-state index contributed by atoms with van der Waals surface area (Å²) in [5, 5.41) is 16.1. The second-order valence-electron chi connectivity index (χ2n) is 7.60. The molecule has 12 nitrogen and oxygen atoms in total. The van der Waals surface area contributed by atoms with Crippen molar-refractivity contribution in [1.29, 1.82) is 0 Å². The molecule has 13 heteroatoms. The lowest BCUT2D eigenvalue weighted by molar-refractivity contribution is -0.133. The first-order valence-corrected chi connectivity index (χ1v) is 11.5. The summed E-state index contributed by atoms with van der Waals surface area (Å²) < 4.78 is 24.8. The maximum atomic E-state index is 13.1. The molecule has 0 saturated carbocycles. The Hall–Kier alpha value is -4.13. The third-order valence-electron chi connectivity index (χ3n) is 5.16. The third-order valence-corrected chi connectivity index (χ3v) is 6.27. The normalized spacial score (nSPS) is 18.3. The number of rotatable bonds is 6. The van der Waals surface area contributed by atoms with E-state index in [0.717, 1.165) is 11.2 Å². The molecule has 0 bridgehead atoms. The molecule has 2 N–H and O–H groups in total. The fraction of sp³-hybridized carbons (Fsp3) is 0.200. The van der Waals surface area contributed by atoms with E-state index >= 15 is 0 Å². The van der Waals surface area contributed by atoms with Gasteiger partial charge in [0.1, 0.15) is 18.4 Å². The number of carbonyl (C=O) groups is 3. The average molecular weight is 469 g/mol. The SMILES string of the molecule is C[C@]1(c2cccc(-n3cnnn3)c2)NC(=O)N(CC(=O)Nc2cccc(S(C)(=O)=O)c2)C1=O. The highest BCUT2D eigenvalue weighted by atomic mass is 32.2. The van der Waals surface area contributed by atoms with Gasteiger partial charge in [0.25, 0.3) is 5.91 Å². The Morgan fingerprint density at radius 1 is 1.15 bits per heavy atom. The number of hydrogen-bond donors (Lipinski definition) is 2. The molecule has 0 aliphatic carbocycles. The van der Waals surface area contributed by atoms with Crippen molar-refractivity contribution in [3.05, 3.63) is 60.4 Å². The maximum Gasteiger partial charge on any atom is 0.325 e. The van der Waals surface area contributed by atoms with Crippen LogP contribution in [0.4, 0.5) is 10.5 Å². The van der Waals surface area contributed by atoms with Crippen molar-refractivity contribution in [2.45, 2.75) is 17.4 Å². The molecule has 0 spiro atoms. The summed E-state index contributed by atoms with van der Waals surface area (Å²) in [6.45, 7) is 0.996. The van der Waals surface area contributed by atoms with Crippen LogP contribution < -0.4 is 10.6 Å². The van der Waals surface area contributed by atoms with Crippen molar-refractivity contribution in [2.75, 3.05) is 18.1 Å². The van der Waals surface area contributed by atoms with Gasteiger partial charge in [-0.1, -0.05) is 18.2 Å². The predicted molar refractivity (Wildman–Crippen MR) is 115 cm³/mol. The van der Waals surface area contributed by atoms with Crippen molar-refractivity contribution in [1.82, 2.24) is 30.4 Å². The monoisotopic (exact) mass is 469 g/mol. The molecule has 170 valence electrons. The van der Waals surface area contributed by atoms with Crippen LogP contribution in [0.2, 0.25) is 0 Å². The number of aromatic nitrogens is 4. The largest absolute Gasteiger partial charge is 0.325 e. The number of benzene rings is 2. The molecule has 1 atom stereocenters. The Morgan fingerprint density at radius 3 is 2.61 bits per heavy atom. The van der Waals surface area contributed by atoms with Crippen LogP contribution in [-0.4, -0.2) is 64.2 Å². The van der Waals surface area contributed by atoms with Gasteiger partial charge in [-0.3, -0.25) is 14.5 Å². The molecular formula is C20H19N7O5S. The van der Waals surface area contributed by atoms with Gasteiger partial charge in [0.2, 0.25) is 5.91 Å². The van der Waals surface area contributed by atoms with Crippen molar-refractivity contribution < 1.29 is 22.8 Å². The molecule has 1 aliphatic heterocycles. The van der Waals surface area contributed by atoms with Crippen LogP contribution in [-0.2, 0) is 25.0 Å². The average Bonchev–Trinajstić information content (AvgIpc) is 3.38. The van der Waals surface area contributed by atoms with Gasteiger partial charge >= 0.3 is 6.03 Å². The molecule has 2 heterocycles. The number of sulfone groups is 1. The minimum absolute atomic E-state index is 0.0327. The van der Waals surface area contributed by atoms with Crippen LogP contribution in [0.5, 0.6) is 0 Å². The van der Waals surface area contributed by atoms with Crippen LogP contribution in [0.1, 0.15) is 12.5 Å². The van der Waals surface area contributed by atoms with E-state index in [-0.39, 0.29) is 10.6 Å². The minimum Gasteiger partial charge on any atom is -0.324 e. The van der Waals surface area contributed by atoms with Crippen molar-refractivity contribution in [3.8, 4) is 5.69 Å². The Labute approximate surface area is 188 Å². The number of imide groups is 1. The lowest BCUT2D eigenvalue weighted by atomic mass is 9.91. The van der Waals surface area contributed by atoms with E-state index in [0.29, 0.717) is 11.3 Å². The highest BCUT2D eigenvalue weighted by Gasteiger charge is 2.49. The fourth-order valence-corrected chi connectivity index (χ4v) is 4.09. The summed E-state index contributed by atoms with van der Waals surface area (Å²) in [5.74, 6) is -1.27. The lowest BCUT2D eigenvalue weighted by Crippen LogP contribution is -2.42. The summed E-state index contributed by atoms with van der Waals surface area (Å²) >= 11 is 0. The molecule has 4 amide bonds. The number of anilines is 1. The quantitative estimate of drug-likeness (QED) is 0.494. The van der Waals surface area contributed by atoms with Crippen LogP contribution in [0, 0.1) is 0 Å². The predicted octanol–water partition coefficient (Wildman–Crippen LogP) is 0.471. The number of urea groups is 1. The number of carbonyl (C=O) groups excluding carboxylic acids is 3. The maximum absolute atomic E-state index is 13.1. The second-order valence-corrected chi connectivity index (χ2v) is 9.62. The van der Waals surface area contributed by atoms with Crippen LogP contribution >= 0.6 is 0 Å². The van der Waals surface area contributed by atoms with Crippen molar-refractivity contribution in [2.24, 2.45) is 0 Å². The Kier molecular flexibility index (Phi) is 5.41. The zero-order valence-corrected chi connectivity index (χ0v) is 18.4. The van der Waals surface area contributed by atoms with Gasteiger partial charge in [-0.15, -0.1) is 5.10 Å². The van der Waals surface area contributed by atoms with Crippen molar-refractivity contribution >= 4 is 33.4 Å². The molecule has 1 saturated heterocycles. The number of tetrazole rings is 1. The highest BCUT2D eigenvalue weighted by molar-refractivity contribution is 7.90. The number of amides is 4. The van der Waals surface area contributed by atoms with Gasteiger partial charge in [0, 0.05) is 11.9 Å². The second kappa shape index (κ2) is 8.09. The molecule has 0 unspecified atom stereocenters. The Balaban J connectivity index is 1.52. The first-order valence-electron chi connectivity index (χ1n) is 9.66. The molecular weight excluding hydrogens is 450 g/mol. The Morgan fingerprint density at radius 2 is 1.91 bits per heavy atom. The van der Waals surface area contributed by atoms with Gasteiger partial charge in [0.15, 0.2) is 9.84 Å². The van der Waals surface area contributed by atoms with Gasteiger partial charge in [-0.2, -0.15) is 0 Å². The number of nitrogens with zero attached hydrogens (tertiary/aromatic N) is 5. The summed E-state index contributed by atoms with van der Waals surface area (Å²) in [7, 11) is -3.46. The van der Waals surface area contributed by atoms with E-state index in [1.807, 2.05) is 0 Å². The van der Waals surface area contributed by atoms with E-state index in [1.54, 1.807) is 31.2 Å². The molecule has 1 aromatic heterocycles. The molecule has 1 aliphatic rings. The minimum atomic E-state index is -3.46. The van der Waals surface area contributed by atoms with E-state index < -0.39 is 39.8 Å². The molecule has 3 aromatic rings. The molecule has 2 aromatic carbocycles. The van der Waals surface area contributed by atoms with Gasteiger partial charge in [-0.05, 0) is 53.2 Å². The topological polar surface area (TPSA) is 156 Å². The Bertz CT molecular complexity index is 1360. The first kappa shape index (κ1) is 22.1. The van der Waals surface area contributed by atoms with E-state index in [2.05, 4.69) is 26.2 Å². The van der Waals surface area contributed by atoms with Gasteiger partial charge in [0.05, 0.1) is 10.6 Å². The number of hydrogen-bond acceptors (Lipinski definition) is 8. The molecule has 0 radical (unpaired) electrons. The smallest absolute Gasteiger partial charge is 0.324 e. The van der Waals surface area contributed by atoms with Gasteiger partial charge in [-0.25, -0.2) is 17.9 Å². The van der Waals surface area contributed by atoms with Crippen LogP contribution in [0.3, 0.4) is 0 Å². The van der Waals surface area contributed by atoms with Crippen LogP contribution in [0.15, 0.2) is 59.8 Å². The first-order chi connectivity index (χ1) is 15.6. The molecule has 1 fully saturated rings. The fourth-order valence-electron chi connectivity index (χ4n) is 3.42. The van der Waals surface area contributed by atoms with E-state index in [4.69, 9.17) is 0 Å². The van der Waals surface area contributed by atoms with Crippen molar-refractivity contribution in [3.63, 3.8) is 0 Å². The van der Waals surface area contributed by atoms with E-state index in [1.165, 1.54) is 35.3 Å². The summed E-state index contributed by atoms with van der Waals surface area (Å²) in [6.07, 6.45) is 2.45. The lowest BCUT2D eigenvalue weighted by Gasteiger charge is -2.22. The van der Waals surface area contributed by atoms with Gasteiger partial charge < -0.3 is 10.6 Å². The standard InChI is InChI=1S/C20H19N7O5S/c1-20(13-5-3-7-15(9-13)27-12-21-24-25-27)18(29)26(19(30)23-20)11-17(28)22-14-6-4-8-16(10-14)33(2,31)32/h3-10,12H,11H2,1-2H3,(H,22,28)(H,23,30)/t20-/m1/s1. The summed E-state index contributed by atoms with van der Waals surface area (Å²) in [6, 6.07) is 11.7. The zero-order chi connectivity index (χ0) is 23.8. The zero-order valence-electron chi connectivity index (χ0n) is 17.6. The van der Waals surface area contributed by atoms with Crippen LogP contribution in [0.25, 0.3) is 5.69 Å². The highest BCUT2D eigenvalue weighted by Crippen LogP contribution is 2.30. The summed E-state index contributed by atoms with van der Waals surface area (Å²) in [5.41, 5.74) is -0.107. The number of nitrogens with one attached hydrogen (secondary N) is 2. The molecule has 4 rings (SSSR count). The third kappa shape index (κ3) is 4.30.